The van der Waals surface area contributed by atoms with Gasteiger partial charge in [0, 0.05) is 19.8 Å². The Morgan fingerprint density at radius 3 is 2.48 bits per heavy atom. The molecule has 7 nitrogen and oxygen atoms in total. The van der Waals surface area contributed by atoms with Gasteiger partial charge >= 0.3 is 5.97 Å². The van der Waals surface area contributed by atoms with Crippen LogP contribution in [0.2, 0.25) is 0 Å². The molecule has 25 heavy (non-hydrogen) atoms. The van der Waals surface area contributed by atoms with Gasteiger partial charge in [-0.1, -0.05) is 12.1 Å². The van der Waals surface area contributed by atoms with Gasteiger partial charge in [0.25, 0.3) is 5.91 Å². The first-order valence-electron chi connectivity index (χ1n) is 8.57. The average Bonchev–Trinajstić information content (AvgIpc) is 2.61. The Morgan fingerprint density at radius 2 is 1.84 bits per heavy atom. The Bertz CT molecular complexity index is 628. The highest BCUT2D eigenvalue weighted by Gasteiger charge is 2.36. The Hall–Kier alpha value is -2.28. The van der Waals surface area contributed by atoms with E-state index in [2.05, 4.69) is 5.32 Å². The van der Waals surface area contributed by atoms with Gasteiger partial charge in [0.15, 0.2) is 11.5 Å². The lowest BCUT2D eigenvalue weighted by Crippen LogP contribution is -2.51. The molecule has 3 atom stereocenters. The zero-order chi connectivity index (χ0) is 17.8. The third-order valence-corrected chi connectivity index (χ3v) is 4.75. The molecule has 136 valence electrons. The van der Waals surface area contributed by atoms with Crippen molar-refractivity contribution in [2.75, 3.05) is 19.8 Å². The summed E-state index contributed by atoms with van der Waals surface area (Å²) < 4.78 is 16.7. The zero-order valence-electron chi connectivity index (χ0n) is 14.1. The normalized spacial score (nSPS) is 24.4. The van der Waals surface area contributed by atoms with E-state index in [1.807, 2.05) is 6.07 Å². The minimum absolute atomic E-state index is 0.00761. The van der Waals surface area contributed by atoms with E-state index >= 15 is 0 Å². The molecular formula is C18H23NO6. The van der Waals surface area contributed by atoms with E-state index in [9.17, 15) is 14.7 Å². The second-order valence-corrected chi connectivity index (χ2v) is 6.45. The molecule has 0 aliphatic carbocycles. The number of fused-ring (bicyclic) bond motifs is 1. The minimum atomic E-state index is -0.897. The van der Waals surface area contributed by atoms with Crippen LogP contribution in [0.25, 0.3) is 0 Å². The van der Waals surface area contributed by atoms with Crippen molar-refractivity contribution >= 4 is 11.9 Å². The second-order valence-electron chi connectivity index (χ2n) is 6.45. The van der Waals surface area contributed by atoms with Gasteiger partial charge in [0.05, 0.1) is 5.92 Å². The summed E-state index contributed by atoms with van der Waals surface area (Å²) in [6, 6.07) is 7.16. The van der Waals surface area contributed by atoms with Crippen LogP contribution in [-0.4, -0.2) is 48.9 Å². The van der Waals surface area contributed by atoms with Crippen molar-refractivity contribution in [1.82, 2.24) is 5.32 Å². The summed E-state index contributed by atoms with van der Waals surface area (Å²) in [7, 11) is 0. The fraction of sp³-hybridized carbons (Fsp3) is 0.556. The van der Waals surface area contributed by atoms with Gasteiger partial charge in [-0.25, -0.2) is 0 Å². The molecule has 1 aromatic carbocycles. The molecule has 2 heterocycles. The van der Waals surface area contributed by atoms with Gasteiger partial charge in [0.2, 0.25) is 6.10 Å². The summed E-state index contributed by atoms with van der Waals surface area (Å²) in [5.41, 5.74) is 0. The molecule has 2 aliphatic heterocycles. The minimum Gasteiger partial charge on any atom is -0.482 e. The standard InChI is InChI=1S/C18H23NO6/c1-11-16(25-15-5-3-2-4-14(15)24-11)17(20)19-10-13(18(21)22)12-6-8-23-9-7-12/h2-5,11-13,16H,6-10H2,1H3,(H,19,20)(H,21,22). The molecule has 0 radical (unpaired) electrons. The van der Waals surface area contributed by atoms with Gasteiger partial charge < -0.3 is 24.6 Å². The predicted octanol–water partition coefficient (Wildman–Crippen LogP) is 1.46. The van der Waals surface area contributed by atoms with Gasteiger partial charge in [-0.2, -0.15) is 0 Å². The van der Waals surface area contributed by atoms with Crippen molar-refractivity contribution in [3.63, 3.8) is 0 Å². The van der Waals surface area contributed by atoms with E-state index in [4.69, 9.17) is 14.2 Å². The fourth-order valence-corrected chi connectivity index (χ4v) is 3.29. The summed E-state index contributed by atoms with van der Waals surface area (Å²) >= 11 is 0. The molecule has 7 heteroatoms. The highest BCUT2D eigenvalue weighted by molar-refractivity contribution is 5.83. The summed E-state index contributed by atoms with van der Waals surface area (Å²) in [4.78, 5) is 24.1. The number of carbonyl (C=O) groups excluding carboxylic acids is 1. The predicted molar refractivity (Wildman–Crippen MR) is 88.6 cm³/mol. The van der Waals surface area contributed by atoms with Crippen LogP contribution in [-0.2, 0) is 14.3 Å². The maximum Gasteiger partial charge on any atom is 0.308 e. The Morgan fingerprint density at radius 1 is 1.20 bits per heavy atom. The number of ether oxygens (including phenoxy) is 3. The molecular weight excluding hydrogens is 326 g/mol. The smallest absolute Gasteiger partial charge is 0.308 e. The molecule has 0 spiro atoms. The highest BCUT2D eigenvalue weighted by atomic mass is 16.6. The summed E-state index contributed by atoms with van der Waals surface area (Å²) in [6.45, 7) is 2.96. The molecule has 3 rings (SSSR count). The molecule has 1 aromatic rings. The lowest BCUT2D eigenvalue weighted by molar-refractivity contribution is -0.145. The average molecular weight is 349 g/mol. The monoisotopic (exact) mass is 349 g/mol. The van der Waals surface area contributed by atoms with Gasteiger partial charge in [-0.15, -0.1) is 0 Å². The van der Waals surface area contributed by atoms with Crippen molar-refractivity contribution in [3.8, 4) is 11.5 Å². The van der Waals surface area contributed by atoms with Gasteiger partial charge in [-0.3, -0.25) is 9.59 Å². The SMILES string of the molecule is CC1Oc2ccccc2OC1C(=O)NCC(C(=O)O)C1CCOCC1. The van der Waals surface area contributed by atoms with E-state index in [1.165, 1.54) is 0 Å². The largest absolute Gasteiger partial charge is 0.482 e. The summed E-state index contributed by atoms with van der Waals surface area (Å²) in [6.07, 6.45) is 0.125. The number of amides is 1. The number of hydrogen-bond acceptors (Lipinski definition) is 5. The zero-order valence-corrected chi connectivity index (χ0v) is 14.1. The number of aliphatic carboxylic acids is 1. The Balaban J connectivity index is 1.60. The number of hydrogen-bond donors (Lipinski definition) is 2. The molecule has 2 N–H and O–H groups in total. The van der Waals surface area contributed by atoms with Crippen LogP contribution in [0.1, 0.15) is 19.8 Å². The number of carboxylic acids is 1. The van der Waals surface area contributed by atoms with Crippen LogP contribution in [0.15, 0.2) is 24.3 Å². The molecule has 0 aromatic heterocycles. The summed E-state index contributed by atoms with van der Waals surface area (Å²) in [5.74, 6) is -0.760. The quantitative estimate of drug-likeness (QED) is 0.836. The van der Waals surface area contributed by atoms with Gasteiger partial charge in [0.1, 0.15) is 6.10 Å². The topological polar surface area (TPSA) is 94.1 Å². The first-order chi connectivity index (χ1) is 12.1. The van der Waals surface area contributed by atoms with E-state index in [0.717, 1.165) is 0 Å². The van der Waals surface area contributed by atoms with E-state index < -0.39 is 24.1 Å². The van der Waals surface area contributed by atoms with Crippen LogP contribution < -0.4 is 14.8 Å². The maximum atomic E-state index is 12.5. The number of rotatable bonds is 5. The van der Waals surface area contributed by atoms with Crippen LogP contribution in [0, 0.1) is 11.8 Å². The van der Waals surface area contributed by atoms with Crippen molar-refractivity contribution < 1.29 is 28.9 Å². The Labute approximate surface area is 146 Å². The number of carbonyl (C=O) groups is 2. The van der Waals surface area contributed by atoms with Crippen molar-refractivity contribution in [1.29, 1.82) is 0 Å². The molecule has 0 bridgehead atoms. The number of nitrogens with one attached hydrogen (secondary N) is 1. The van der Waals surface area contributed by atoms with Crippen molar-refractivity contribution in [2.24, 2.45) is 11.8 Å². The third kappa shape index (κ3) is 4.04. The molecule has 1 amide bonds. The highest BCUT2D eigenvalue weighted by Crippen LogP contribution is 2.33. The van der Waals surface area contributed by atoms with Crippen LogP contribution in [0.4, 0.5) is 0 Å². The van der Waals surface area contributed by atoms with Crippen molar-refractivity contribution in [2.45, 2.75) is 32.0 Å². The number of carboxylic acid groups (broad SMARTS) is 1. The summed E-state index contributed by atoms with van der Waals surface area (Å²) in [5, 5.41) is 12.2. The van der Waals surface area contributed by atoms with Crippen LogP contribution in [0.3, 0.4) is 0 Å². The molecule has 3 unspecified atom stereocenters. The lowest BCUT2D eigenvalue weighted by atomic mass is 9.86. The van der Waals surface area contributed by atoms with E-state index in [0.29, 0.717) is 37.6 Å². The van der Waals surface area contributed by atoms with E-state index in [-0.39, 0.29) is 18.4 Å². The third-order valence-electron chi connectivity index (χ3n) is 4.75. The molecule has 0 saturated carbocycles. The first-order valence-corrected chi connectivity index (χ1v) is 8.57. The van der Waals surface area contributed by atoms with Crippen LogP contribution >= 0.6 is 0 Å². The van der Waals surface area contributed by atoms with Crippen LogP contribution in [0.5, 0.6) is 11.5 Å². The number of benzene rings is 1. The Kier molecular flexibility index (Phi) is 5.43. The molecule has 2 aliphatic rings. The van der Waals surface area contributed by atoms with Gasteiger partial charge in [-0.05, 0) is 37.8 Å². The molecule has 1 saturated heterocycles. The molecule has 1 fully saturated rings. The first kappa shape index (κ1) is 17.5. The second kappa shape index (κ2) is 7.74. The van der Waals surface area contributed by atoms with Crippen molar-refractivity contribution in [3.05, 3.63) is 24.3 Å². The fourth-order valence-electron chi connectivity index (χ4n) is 3.29. The number of para-hydroxylation sites is 2. The van der Waals surface area contributed by atoms with E-state index in [1.54, 1.807) is 25.1 Å². The lowest BCUT2D eigenvalue weighted by Gasteiger charge is -2.32. The maximum absolute atomic E-state index is 12.5.